The van der Waals surface area contributed by atoms with Crippen molar-refractivity contribution >= 4 is 5.78 Å². The molecule has 1 fully saturated rings. The predicted octanol–water partition coefficient (Wildman–Crippen LogP) is 1.84. The summed E-state index contributed by atoms with van der Waals surface area (Å²) in [5.41, 5.74) is 0.189. The molecule has 1 aromatic rings. The molecule has 0 N–H and O–H groups in total. The molecule has 3 nitrogen and oxygen atoms in total. The fourth-order valence-corrected chi connectivity index (χ4v) is 1.66. The van der Waals surface area contributed by atoms with Gasteiger partial charge in [0.2, 0.25) is 0 Å². The van der Waals surface area contributed by atoms with Crippen LogP contribution in [0.2, 0.25) is 0 Å². The van der Waals surface area contributed by atoms with Crippen LogP contribution in [-0.2, 0) is 20.7 Å². The van der Waals surface area contributed by atoms with Crippen molar-refractivity contribution in [1.82, 2.24) is 0 Å². The first-order valence-corrected chi connectivity index (χ1v) is 5.34. The van der Waals surface area contributed by atoms with Crippen molar-refractivity contribution in [1.29, 1.82) is 0 Å². The van der Waals surface area contributed by atoms with Crippen molar-refractivity contribution in [3.8, 4) is 0 Å². The van der Waals surface area contributed by atoms with Crippen molar-refractivity contribution in [2.75, 3.05) is 13.2 Å². The topological polar surface area (TPSA) is 35.5 Å². The first-order valence-electron chi connectivity index (χ1n) is 5.34. The van der Waals surface area contributed by atoms with E-state index in [9.17, 15) is 13.6 Å². The van der Waals surface area contributed by atoms with E-state index >= 15 is 0 Å². The molecule has 1 saturated heterocycles. The average Bonchev–Trinajstić information content (AvgIpc) is 2.75. The Morgan fingerprint density at radius 2 is 2.00 bits per heavy atom. The third-order valence-corrected chi connectivity index (χ3v) is 2.49. The summed E-state index contributed by atoms with van der Waals surface area (Å²) in [6, 6.07) is 3.18. The lowest BCUT2D eigenvalue weighted by Crippen LogP contribution is -2.16. The Balaban J connectivity index is 1.93. The van der Waals surface area contributed by atoms with Crippen molar-refractivity contribution in [2.45, 2.75) is 19.1 Å². The van der Waals surface area contributed by atoms with Crippen molar-refractivity contribution in [2.24, 2.45) is 0 Å². The summed E-state index contributed by atoms with van der Waals surface area (Å²) < 4.78 is 36.1. The van der Waals surface area contributed by atoms with Crippen molar-refractivity contribution in [3.05, 3.63) is 35.4 Å². The quantitative estimate of drug-likeness (QED) is 0.808. The second-order valence-corrected chi connectivity index (χ2v) is 3.83. The van der Waals surface area contributed by atoms with Gasteiger partial charge in [-0.1, -0.05) is 6.07 Å². The predicted molar refractivity (Wildman–Crippen MR) is 55.4 cm³/mol. The number of hydrogen-bond acceptors (Lipinski definition) is 3. The highest BCUT2D eigenvalue weighted by Gasteiger charge is 2.20. The maximum atomic E-state index is 13.3. The highest BCUT2D eigenvalue weighted by atomic mass is 19.1. The van der Waals surface area contributed by atoms with E-state index in [1.807, 2.05) is 0 Å². The Hall–Kier alpha value is -1.33. The van der Waals surface area contributed by atoms with Crippen LogP contribution >= 0.6 is 0 Å². The SMILES string of the molecule is O=C(Cc1ccc(F)cc1F)CC1OCCO1. The van der Waals surface area contributed by atoms with E-state index in [-0.39, 0.29) is 24.2 Å². The molecule has 0 bridgehead atoms. The van der Waals surface area contributed by atoms with Crippen LogP contribution in [-0.4, -0.2) is 25.3 Å². The van der Waals surface area contributed by atoms with Crippen molar-refractivity contribution < 1.29 is 23.0 Å². The van der Waals surface area contributed by atoms with Gasteiger partial charge in [-0.05, 0) is 11.6 Å². The Bertz CT molecular complexity index is 414. The summed E-state index contributed by atoms with van der Waals surface area (Å²) in [4.78, 5) is 11.6. The molecule has 92 valence electrons. The van der Waals surface area contributed by atoms with Gasteiger partial charge in [-0.3, -0.25) is 4.79 Å². The van der Waals surface area contributed by atoms with Crippen LogP contribution in [0.4, 0.5) is 8.78 Å². The molecule has 5 heteroatoms. The van der Waals surface area contributed by atoms with Crippen LogP contribution in [0.5, 0.6) is 0 Å². The monoisotopic (exact) mass is 242 g/mol. The molecule has 0 spiro atoms. The maximum absolute atomic E-state index is 13.3. The fourth-order valence-electron chi connectivity index (χ4n) is 1.66. The molecule has 0 aromatic heterocycles. The number of Topliss-reactive ketones (excluding diaryl/α,β-unsaturated/α-hetero) is 1. The summed E-state index contributed by atoms with van der Waals surface area (Å²) in [5, 5.41) is 0. The van der Waals surface area contributed by atoms with Gasteiger partial charge in [-0.2, -0.15) is 0 Å². The summed E-state index contributed by atoms with van der Waals surface area (Å²) >= 11 is 0. The third-order valence-electron chi connectivity index (χ3n) is 2.49. The van der Waals surface area contributed by atoms with E-state index < -0.39 is 17.9 Å². The molecule has 0 saturated carbocycles. The van der Waals surface area contributed by atoms with Crippen LogP contribution < -0.4 is 0 Å². The van der Waals surface area contributed by atoms with Gasteiger partial charge in [0.05, 0.1) is 19.6 Å². The highest BCUT2D eigenvalue weighted by molar-refractivity contribution is 5.81. The van der Waals surface area contributed by atoms with Gasteiger partial charge in [-0.15, -0.1) is 0 Å². The van der Waals surface area contributed by atoms with Gasteiger partial charge in [0.25, 0.3) is 0 Å². The van der Waals surface area contributed by atoms with Gasteiger partial charge >= 0.3 is 0 Å². The molecule has 0 atom stereocenters. The van der Waals surface area contributed by atoms with Crippen LogP contribution in [0.25, 0.3) is 0 Å². The largest absolute Gasteiger partial charge is 0.350 e. The molecule has 1 aromatic carbocycles. The van der Waals surface area contributed by atoms with E-state index in [2.05, 4.69) is 0 Å². The minimum absolute atomic E-state index is 0.0741. The lowest BCUT2D eigenvalue weighted by Gasteiger charge is -2.08. The Morgan fingerprint density at radius 3 is 2.65 bits per heavy atom. The van der Waals surface area contributed by atoms with Gasteiger partial charge in [0.15, 0.2) is 6.29 Å². The minimum atomic E-state index is -0.702. The summed E-state index contributed by atoms with van der Waals surface area (Å²) in [6.45, 7) is 0.950. The molecule has 0 radical (unpaired) electrons. The zero-order valence-corrected chi connectivity index (χ0v) is 9.12. The number of ether oxygens (including phenoxy) is 2. The third kappa shape index (κ3) is 3.31. The number of rotatable bonds is 4. The zero-order chi connectivity index (χ0) is 12.3. The molecule has 0 aliphatic carbocycles. The van der Waals surface area contributed by atoms with E-state index in [1.165, 1.54) is 6.07 Å². The van der Waals surface area contributed by atoms with E-state index in [0.29, 0.717) is 13.2 Å². The lowest BCUT2D eigenvalue weighted by molar-refractivity contribution is -0.126. The molecular weight excluding hydrogens is 230 g/mol. The standard InChI is InChI=1S/C12H12F2O3/c13-9-2-1-8(11(14)6-9)5-10(15)7-12-16-3-4-17-12/h1-2,6,12H,3-5,7H2. The van der Waals surface area contributed by atoms with Crippen LogP contribution in [0.3, 0.4) is 0 Å². The second kappa shape index (κ2) is 5.33. The molecule has 17 heavy (non-hydrogen) atoms. The van der Waals surface area contributed by atoms with Crippen LogP contribution in [0.15, 0.2) is 18.2 Å². The van der Waals surface area contributed by atoms with Crippen LogP contribution in [0.1, 0.15) is 12.0 Å². The molecule has 1 heterocycles. The fraction of sp³-hybridized carbons (Fsp3) is 0.417. The summed E-state index contributed by atoms with van der Waals surface area (Å²) in [5.74, 6) is -1.55. The molecule has 0 unspecified atom stereocenters. The zero-order valence-electron chi connectivity index (χ0n) is 9.12. The number of carbonyl (C=O) groups is 1. The lowest BCUT2D eigenvalue weighted by atomic mass is 10.1. The maximum Gasteiger partial charge on any atom is 0.164 e. The van der Waals surface area contributed by atoms with E-state index in [4.69, 9.17) is 9.47 Å². The Labute approximate surface area is 97.3 Å². The van der Waals surface area contributed by atoms with Gasteiger partial charge in [-0.25, -0.2) is 8.78 Å². The van der Waals surface area contributed by atoms with Gasteiger partial charge in [0, 0.05) is 12.5 Å². The number of halogens is 2. The first kappa shape index (κ1) is 12.1. The second-order valence-electron chi connectivity index (χ2n) is 3.83. The average molecular weight is 242 g/mol. The molecule has 0 amide bonds. The summed E-state index contributed by atoms with van der Waals surface area (Å²) in [7, 11) is 0. The number of hydrogen-bond donors (Lipinski definition) is 0. The smallest absolute Gasteiger partial charge is 0.164 e. The van der Waals surface area contributed by atoms with Crippen LogP contribution in [0, 0.1) is 11.6 Å². The highest BCUT2D eigenvalue weighted by Crippen LogP contribution is 2.14. The Kier molecular flexibility index (Phi) is 3.81. The van der Waals surface area contributed by atoms with Gasteiger partial charge in [0.1, 0.15) is 17.4 Å². The molecule has 1 aliphatic rings. The number of carbonyl (C=O) groups excluding carboxylic acids is 1. The minimum Gasteiger partial charge on any atom is -0.350 e. The molecule has 2 rings (SSSR count). The Morgan fingerprint density at radius 1 is 1.29 bits per heavy atom. The van der Waals surface area contributed by atoms with Gasteiger partial charge < -0.3 is 9.47 Å². The van der Waals surface area contributed by atoms with E-state index in [0.717, 1.165) is 12.1 Å². The van der Waals surface area contributed by atoms with E-state index in [1.54, 1.807) is 0 Å². The first-order chi connectivity index (χ1) is 8.15. The molecule has 1 aliphatic heterocycles. The van der Waals surface area contributed by atoms with Crippen molar-refractivity contribution in [3.63, 3.8) is 0 Å². The number of benzene rings is 1. The molecular formula is C12H12F2O3. The summed E-state index contributed by atoms with van der Waals surface area (Å²) in [6.07, 6.45) is -0.502. The number of ketones is 1. The normalized spacial score (nSPS) is 16.4.